The maximum Gasteiger partial charge on any atom is 0.132 e. The molecular formula is C11H13Cl2F. The van der Waals surface area contributed by atoms with Crippen LogP contribution in [0, 0.1) is 12.7 Å². The van der Waals surface area contributed by atoms with Crippen LogP contribution in [0.25, 0.3) is 0 Å². The molecule has 0 nitrogen and oxygen atoms in total. The number of rotatable bonds is 3. The molecule has 0 heterocycles. The molecule has 1 rings (SSSR count). The summed E-state index contributed by atoms with van der Waals surface area (Å²) < 4.78 is 13.7. The molecular weight excluding hydrogens is 222 g/mol. The van der Waals surface area contributed by atoms with Gasteiger partial charge in [-0.05, 0) is 19.4 Å². The lowest BCUT2D eigenvalue weighted by Crippen LogP contribution is -1.97. The van der Waals surface area contributed by atoms with E-state index in [2.05, 4.69) is 0 Å². The number of halogens is 3. The zero-order valence-electron chi connectivity index (χ0n) is 8.28. The molecule has 0 radical (unpaired) electrons. The molecule has 78 valence electrons. The fraction of sp³-hybridized carbons (Fsp3) is 0.455. The van der Waals surface area contributed by atoms with E-state index in [9.17, 15) is 4.39 Å². The number of hydrogen-bond acceptors (Lipinski definition) is 0. The van der Waals surface area contributed by atoms with E-state index < -0.39 is 0 Å². The van der Waals surface area contributed by atoms with Gasteiger partial charge in [-0.3, -0.25) is 0 Å². The maximum atomic E-state index is 13.7. The first-order valence-corrected chi connectivity index (χ1v) is 5.48. The Morgan fingerprint density at radius 3 is 2.64 bits per heavy atom. The molecule has 0 aromatic heterocycles. The largest absolute Gasteiger partial charge is 0.206 e. The Bertz CT molecular complexity index is 323. The van der Waals surface area contributed by atoms with Crippen molar-refractivity contribution in [2.45, 2.75) is 32.1 Å². The molecule has 0 amide bonds. The second-order valence-corrected chi connectivity index (χ2v) is 4.27. The van der Waals surface area contributed by atoms with Crippen LogP contribution in [-0.4, -0.2) is 0 Å². The molecule has 0 aliphatic rings. The molecule has 1 unspecified atom stereocenters. The average molecular weight is 235 g/mol. The van der Waals surface area contributed by atoms with Gasteiger partial charge in [0.15, 0.2) is 0 Å². The van der Waals surface area contributed by atoms with Crippen molar-refractivity contribution in [1.82, 2.24) is 0 Å². The lowest BCUT2D eigenvalue weighted by atomic mass is 10.0. The third-order valence-electron chi connectivity index (χ3n) is 2.23. The van der Waals surface area contributed by atoms with Gasteiger partial charge in [0.25, 0.3) is 0 Å². The molecule has 14 heavy (non-hydrogen) atoms. The van der Waals surface area contributed by atoms with Gasteiger partial charge < -0.3 is 0 Å². The second kappa shape index (κ2) is 4.99. The third kappa shape index (κ3) is 2.40. The smallest absolute Gasteiger partial charge is 0.132 e. The van der Waals surface area contributed by atoms with Crippen LogP contribution < -0.4 is 0 Å². The highest BCUT2D eigenvalue weighted by Crippen LogP contribution is 2.31. The van der Waals surface area contributed by atoms with Gasteiger partial charge >= 0.3 is 0 Å². The Morgan fingerprint density at radius 2 is 2.07 bits per heavy atom. The molecule has 0 N–H and O–H groups in total. The molecule has 0 spiro atoms. The lowest BCUT2D eigenvalue weighted by Gasteiger charge is -2.11. The first-order chi connectivity index (χ1) is 6.57. The van der Waals surface area contributed by atoms with Crippen molar-refractivity contribution in [2.24, 2.45) is 0 Å². The minimum Gasteiger partial charge on any atom is -0.206 e. The quantitative estimate of drug-likeness (QED) is 0.655. The highest BCUT2D eigenvalue weighted by atomic mass is 35.5. The van der Waals surface area contributed by atoms with E-state index >= 15 is 0 Å². The molecule has 0 bridgehead atoms. The van der Waals surface area contributed by atoms with Crippen LogP contribution in [0.15, 0.2) is 12.1 Å². The molecule has 1 atom stereocenters. The van der Waals surface area contributed by atoms with E-state index in [1.54, 1.807) is 19.1 Å². The van der Waals surface area contributed by atoms with Gasteiger partial charge in [-0.1, -0.05) is 31.0 Å². The summed E-state index contributed by atoms with van der Waals surface area (Å²) in [4.78, 5) is 0. The van der Waals surface area contributed by atoms with Crippen molar-refractivity contribution in [1.29, 1.82) is 0 Å². The van der Waals surface area contributed by atoms with E-state index in [4.69, 9.17) is 23.2 Å². The van der Waals surface area contributed by atoms with E-state index in [1.807, 2.05) is 6.92 Å². The zero-order valence-corrected chi connectivity index (χ0v) is 9.79. The SMILES string of the molecule is CCCC(Cl)c1ccc(Cl)c(C)c1F. The van der Waals surface area contributed by atoms with Crippen LogP contribution >= 0.6 is 23.2 Å². The van der Waals surface area contributed by atoms with Gasteiger partial charge in [0, 0.05) is 16.1 Å². The zero-order chi connectivity index (χ0) is 10.7. The normalized spacial score (nSPS) is 12.9. The fourth-order valence-corrected chi connectivity index (χ4v) is 1.87. The van der Waals surface area contributed by atoms with Gasteiger partial charge in [-0.25, -0.2) is 4.39 Å². The summed E-state index contributed by atoms with van der Waals surface area (Å²) in [5.41, 5.74) is 1.03. The summed E-state index contributed by atoms with van der Waals surface area (Å²) in [6.45, 7) is 3.69. The van der Waals surface area contributed by atoms with E-state index in [-0.39, 0.29) is 11.2 Å². The van der Waals surface area contributed by atoms with E-state index in [0.29, 0.717) is 16.1 Å². The van der Waals surface area contributed by atoms with Crippen molar-refractivity contribution in [3.8, 4) is 0 Å². The number of benzene rings is 1. The van der Waals surface area contributed by atoms with Gasteiger partial charge in [0.2, 0.25) is 0 Å². The molecule has 0 saturated carbocycles. The highest BCUT2D eigenvalue weighted by Gasteiger charge is 2.15. The Kier molecular flexibility index (Phi) is 4.21. The van der Waals surface area contributed by atoms with Crippen molar-refractivity contribution >= 4 is 23.2 Å². The molecule has 0 fully saturated rings. The van der Waals surface area contributed by atoms with Crippen LogP contribution in [-0.2, 0) is 0 Å². The van der Waals surface area contributed by atoms with Crippen molar-refractivity contribution in [3.63, 3.8) is 0 Å². The van der Waals surface area contributed by atoms with Crippen molar-refractivity contribution < 1.29 is 4.39 Å². The van der Waals surface area contributed by atoms with Crippen LogP contribution in [0.3, 0.4) is 0 Å². The molecule has 0 aliphatic heterocycles. The summed E-state index contributed by atoms with van der Waals surface area (Å²) in [6.07, 6.45) is 1.72. The average Bonchev–Trinajstić information content (AvgIpc) is 2.15. The molecule has 3 heteroatoms. The predicted octanol–water partition coefficient (Wildman–Crippen LogP) is 4.87. The molecule has 0 saturated heterocycles. The van der Waals surface area contributed by atoms with E-state index in [1.165, 1.54) is 0 Å². The Labute approximate surface area is 94.0 Å². The third-order valence-corrected chi connectivity index (χ3v) is 3.09. The Balaban J connectivity index is 3.04. The predicted molar refractivity (Wildman–Crippen MR) is 59.6 cm³/mol. The summed E-state index contributed by atoms with van der Waals surface area (Å²) in [5, 5.41) is 0.197. The Hall–Kier alpha value is -0.270. The maximum absolute atomic E-state index is 13.7. The van der Waals surface area contributed by atoms with Gasteiger partial charge in [0.1, 0.15) is 5.82 Å². The first-order valence-electron chi connectivity index (χ1n) is 4.66. The fourth-order valence-electron chi connectivity index (χ4n) is 1.33. The standard InChI is InChI=1S/C11H13Cl2F/c1-3-4-10(13)8-5-6-9(12)7(2)11(8)14/h5-6,10H,3-4H2,1-2H3. The Morgan fingerprint density at radius 1 is 1.43 bits per heavy atom. The van der Waals surface area contributed by atoms with Crippen LogP contribution in [0.2, 0.25) is 5.02 Å². The lowest BCUT2D eigenvalue weighted by molar-refractivity contribution is 0.590. The first kappa shape index (κ1) is 11.8. The van der Waals surface area contributed by atoms with Crippen LogP contribution in [0.1, 0.15) is 36.3 Å². The molecule has 1 aromatic rings. The summed E-state index contributed by atoms with van der Waals surface area (Å²) >= 11 is 11.8. The molecule has 0 aliphatic carbocycles. The van der Waals surface area contributed by atoms with Gasteiger partial charge in [-0.15, -0.1) is 11.6 Å². The topological polar surface area (TPSA) is 0 Å². The number of hydrogen-bond donors (Lipinski definition) is 0. The number of alkyl halides is 1. The van der Waals surface area contributed by atoms with E-state index in [0.717, 1.165) is 12.8 Å². The minimum atomic E-state index is -0.272. The van der Waals surface area contributed by atoms with Crippen LogP contribution in [0.5, 0.6) is 0 Å². The molecule has 1 aromatic carbocycles. The summed E-state index contributed by atoms with van der Waals surface area (Å²) in [5.74, 6) is -0.272. The van der Waals surface area contributed by atoms with Gasteiger partial charge in [0.05, 0.1) is 5.38 Å². The minimum absolute atomic E-state index is 0.254. The van der Waals surface area contributed by atoms with Crippen molar-refractivity contribution in [3.05, 3.63) is 34.1 Å². The van der Waals surface area contributed by atoms with Crippen molar-refractivity contribution in [2.75, 3.05) is 0 Å². The monoisotopic (exact) mass is 234 g/mol. The summed E-state index contributed by atoms with van der Waals surface area (Å²) in [6, 6.07) is 3.36. The second-order valence-electron chi connectivity index (χ2n) is 3.33. The van der Waals surface area contributed by atoms with Crippen LogP contribution in [0.4, 0.5) is 4.39 Å². The van der Waals surface area contributed by atoms with Gasteiger partial charge in [-0.2, -0.15) is 0 Å². The summed E-state index contributed by atoms with van der Waals surface area (Å²) in [7, 11) is 0. The highest BCUT2D eigenvalue weighted by molar-refractivity contribution is 6.31.